The van der Waals surface area contributed by atoms with Gasteiger partial charge in [-0.05, 0) is 18.6 Å². The molecule has 10 nitrogen and oxygen atoms in total. The van der Waals surface area contributed by atoms with E-state index in [1.807, 2.05) is 30.3 Å². The summed E-state index contributed by atoms with van der Waals surface area (Å²) in [4.78, 5) is 48.8. The third-order valence-corrected chi connectivity index (χ3v) is 4.85. The average molecular weight is 426 g/mol. The summed E-state index contributed by atoms with van der Waals surface area (Å²) >= 11 is 0. The van der Waals surface area contributed by atoms with Gasteiger partial charge in [-0.25, -0.2) is 0 Å². The van der Waals surface area contributed by atoms with E-state index in [1.54, 1.807) is 11.0 Å². The van der Waals surface area contributed by atoms with Crippen LogP contribution in [0.5, 0.6) is 5.75 Å². The van der Waals surface area contributed by atoms with E-state index in [0.717, 1.165) is 5.56 Å². The summed E-state index contributed by atoms with van der Waals surface area (Å²) in [6.07, 6.45) is -1.04. The van der Waals surface area contributed by atoms with E-state index in [1.165, 1.54) is 25.1 Å². The Morgan fingerprint density at radius 1 is 1.16 bits per heavy atom. The Morgan fingerprint density at radius 3 is 2.55 bits per heavy atom. The fourth-order valence-electron chi connectivity index (χ4n) is 3.18. The second kappa shape index (κ2) is 9.70. The van der Waals surface area contributed by atoms with E-state index in [9.17, 15) is 24.5 Å². The number of nitrogens with zero attached hydrogens (tertiary/aromatic N) is 2. The van der Waals surface area contributed by atoms with Crippen LogP contribution in [-0.2, 0) is 20.9 Å². The molecule has 1 aliphatic rings. The first-order valence-corrected chi connectivity index (χ1v) is 9.66. The Labute approximate surface area is 178 Å². The Morgan fingerprint density at radius 2 is 1.84 bits per heavy atom. The molecule has 1 aliphatic heterocycles. The quantitative estimate of drug-likeness (QED) is 0.510. The van der Waals surface area contributed by atoms with Gasteiger partial charge in [-0.1, -0.05) is 42.5 Å². The van der Waals surface area contributed by atoms with Gasteiger partial charge in [0.2, 0.25) is 11.8 Å². The van der Waals surface area contributed by atoms with Crippen LogP contribution in [0, 0.1) is 16.0 Å². The molecule has 162 valence electrons. The maximum atomic E-state index is 12.4. The predicted octanol–water partition coefficient (Wildman–Crippen LogP) is 1.56. The summed E-state index contributed by atoms with van der Waals surface area (Å²) in [6, 6.07) is 15.1. The van der Waals surface area contributed by atoms with E-state index in [-0.39, 0.29) is 30.3 Å². The number of para-hydroxylation sites is 2. The highest BCUT2D eigenvalue weighted by Gasteiger charge is 2.34. The molecular weight excluding hydrogens is 404 g/mol. The first kappa shape index (κ1) is 21.8. The standard InChI is InChI=1S/C21H22N4O6/c1-14(31-18-10-6-5-9-17(18)25(29)30)20(27)22-23-21(28)16-11-19(26)24(13-16)12-15-7-3-2-4-8-15/h2-10,14,16H,11-13H2,1H3,(H,22,27)(H,23,28). The van der Waals surface area contributed by atoms with Crippen LogP contribution in [0.25, 0.3) is 0 Å². The smallest absolute Gasteiger partial charge is 0.310 e. The van der Waals surface area contributed by atoms with Gasteiger partial charge in [-0.15, -0.1) is 0 Å². The van der Waals surface area contributed by atoms with Gasteiger partial charge in [-0.2, -0.15) is 0 Å². The maximum Gasteiger partial charge on any atom is 0.310 e. The van der Waals surface area contributed by atoms with E-state index in [4.69, 9.17) is 4.74 Å². The summed E-state index contributed by atoms with van der Waals surface area (Å²) in [7, 11) is 0. The maximum absolute atomic E-state index is 12.4. The number of ether oxygens (including phenoxy) is 1. The van der Waals surface area contributed by atoms with Crippen molar-refractivity contribution in [3.05, 3.63) is 70.3 Å². The summed E-state index contributed by atoms with van der Waals surface area (Å²) in [5, 5.41) is 11.0. The van der Waals surface area contributed by atoms with Crippen molar-refractivity contribution in [1.29, 1.82) is 0 Å². The molecule has 31 heavy (non-hydrogen) atoms. The first-order chi connectivity index (χ1) is 14.8. The molecule has 1 fully saturated rings. The van der Waals surface area contributed by atoms with Crippen LogP contribution in [0.4, 0.5) is 5.69 Å². The number of benzene rings is 2. The molecule has 2 N–H and O–H groups in total. The van der Waals surface area contributed by atoms with Gasteiger partial charge in [0, 0.05) is 25.6 Å². The van der Waals surface area contributed by atoms with Crippen LogP contribution in [0.3, 0.4) is 0 Å². The lowest BCUT2D eigenvalue weighted by Crippen LogP contribution is -2.49. The molecular formula is C21H22N4O6. The molecule has 2 atom stereocenters. The molecule has 0 saturated carbocycles. The molecule has 1 heterocycles. The third-order valence-electron chi connectivity index (χ3n) is 4.85. The van der Waals surface area contributed by atoms with Crippen molar-refractivity contribution in [3.8, 4) is 5.75 Å². The summed E-state index contributed by atoms with van der Waals surface area (Å²) in [5.74, 6) is -1.96. The van der Waals surface area contributed by atoms with E-state index in [2.05, 4.69) is 10.9 Å². The Bertz CT molecular complexity index is 981. The summed E-state index contributed by atoms with van der Waals surface area (Å²) in [6.45, 7) is 2.06. The number of carbonyl (C=O) groups is 3. The van der Waals surface area contributed by atoms with Crippen molar-refractivity contribution in [2.24, 2.45) is 5.92 Å². The van der Waals surface area contributed by atoms with Crippen LogP contribution in [0.1, 0.15) is 18.9 Å². The lowest BCUT2D eigenvalue weighted by molar-refractivity contribution is -0.386. The molecule has 2 aromatic carbocycles. The molecule has 2 aromatic rings. The van der Waals surface area contributed by atoms with Crippen LogP contribution in [0.2, 0.25) is 0 Å². The highest BCUT2D eigenvalue weighted by Crippen LogP contribution is 2.26. The van der Waals surface area contributed by atoms with Crippen LogP contribution in [-0.4, -0.2) is 40.2 Å². The minimum absolute atomic E-state index is 0.0524. The fraction of sp³-hybridized carbons (Fsp3) is 0.286. The van der Waals surface area contributed by atoms with Crippen LogP contribution in [0.15, 0.2) is 54.6 Å². The van der Waals surface area contributed by atoms with Crippen molar-refractivity contribution in [2.75, 3.05) is 6.54 Å². The van der Waals surface area contributed by atoms with Gasteiger partial charge in [0.05, 0.1) is 10.8 Å². The number of carbonyl (C=O) groups excluding carboxylic acids is 3. The minimum Gasteiger partial charge on any atom is -0.474 e. The fourth-order valence-corrected chi connectivity index (χ4v) is 3.18. The second-order valence-electron chi connectivity index (χ2n) is 7.12. The van der Waals surface area contributed by atoms with Gasteiger partial charge in [0.1, 0.15) is 0 Å². The molecule has 3 amide bonds. The number of rotatable bonds is 7. The Hall–Kier alpha value is -3.95. The Balaban J connectivity index is 1.49. The number of hydrogen-bond donors (Lipinski definition) is 2. The topological polar surface area (TPSA) is 131 Å². The Kier molecular flexibility index (Phi) is 6.81. The zero-order valence-electron chi connectivity index (χ0n) is 16.8. The van der Waals surface area contributed by atoms with Gasteiger partial charge in [-0.3, -0.25) is 35.3 Å². The van der Waals surface area contributed by atoms with Crippen molar-refractivity contribution in [1.82, 2.24) is 15.8 Å². The zero-order chi connectivity index (χ0) is 22.4. The normalized spacial score (nSPS) is 16.5. The zero-order valence-corrected chi connectivity index (χ0v) is 16.8. The largest absolute Gasteiger partial charge is 0.474 e. The lowest BCUT2D eigenvalue weighted by atomic mass is 10.1. The monoisotopic (exact) mass is 426 g/mol. The number of likely N-dealkylation sites (tertiary alicyclic amines) is 1. The first-order valence-electron chi connectivity index (χ1n) is 9.66. The molecule has 0 aromatic heterocycles. The number of nitrogens with one attached hydrogen (secondary N) is 2. The van der Waals surface area contributed by atoms with Crippen molar-refractivity contribution in [3.63, 3.8) is 0 Å². The average Bonchev–Trinajstić information content (AvgIpc) is 3.13. The van der Waals surface area contributed by atoms with Gasteiger partial charge < -0.3 is 9.64 Å². The molecule has 3 rings (SSSR count). The predicted molar refractivity (Wildman–Crippen MR) is 109 cm³/mol. The molecule has 0 aliphatic carbocycles. The van der Waals surface area contributed by atoms with Gasteiger partial charge in [0.25, 0.3) is 5.91 Å². The summed E-state index contributed by atoms with van der Waals surface area (Å²) < 4.78 is 5.36. The lowest BCUT2D eigenvalue weighted by Gasteiger charge is -2.18. The number of hydrogen-bond acceptors (Lipinski definition) is 6. The molecule has 10 heteroatoms. The van der Waals surface area contributed by atoms with Crippen molar-refractivity contribution < 1.29 is 24.0 Å². The number of nitro groups is 1. The molecule has 0 spiro atoms. The second-order valence-corrected chi connectivity index (χ2v) is 7.12. The molecule has 0 bridgehead atoms. The van der Waals surface area contributed by atoms with Crippen LogP contribution < -0.4 is 15.6 Å². The third kappa shape index (κ3) is 5.56. The molecule has 0 radical (unpaired) electrons. The molecule has 1 saturated heterocycles. The van der Waals surface area contributed by atoms with Gasteiger partial charge in [0.15, 0.2) is 11.9 Å². The van der Waals surface area contributed by atoms with Crippen LogP contribution >= 0.6 is 0 Å². The van der Waals surface area contributed by atoms with E-state index in [0.29, 0.717) is 6.54 Å². The SMILES string of the molecule is CC(Oc1ccccc1[N+](=O)[O-])C(=O)NNC(=O)C1CC(=O)N(Cc2ccccc2)C1. The highest BCUT2D eigenvalue weighted by atomic mass is 16.6. The van der Waals surface area contributed by atoms with Crippen molar-refractivity contribution in [2.45, 2.75) is 26.0 Å². The molecule has 2 unspecified atom stereocenters. The van der Waals surface area contributed by atoms with Crippen molar-refractivity contribution >= 4 is 23.4 Å². The number of hydrazine groups is 1. The highest BCUT2D eigenvalue weighted by molar-refractivity contribution is 5.91. The number of amides is 3. The van der Waals surface area contributed by atoms with E-state index < -0.39 is 28.8 Å². The van der Waals surface area contributed by atoms with Gasteiger partial charge >= 0.3 is 5.69 Å². The van der Waals surface area contributed by atoms with E-state index >= 15 is 0 Å². The minimum atomic E-state index is -1.10. The number of nitro benzene ring substituents is 1. The summed E-state index contributed by atoms with van der Waals surface area (Å²) in [5.41, 5.74) is 5.24.